The van der Waals surface area contributed by atoms with Crippen molar-refractivity contribution < 1.29 is 9.53 Å². The first kappa shape index (κ1) is 12.5. The van der Waals surface area contributed by atoms with Crippen LogP contribution in [0.15, 0.2) is 18.5 Å². The molecule has 0 saturated heterocycles. The van der Waals surface area contributed by atoms with Crippen LogP contribution in [0.4, 0.5) is 0 Å². The van der Waals surface area contributed by atoms with Crippen molar-refractivity contribution in [3.8, 4) is 0 Å². The second kappa shape index (κ2) is 5.16. The van der Waals surface area contributed by atoms with Gasteiger partial charge in [-0.2, -0.15) is 0 Å². The third-order valence-corrected chi connectivity index (χ3v) is 2.92. The van der Waals surface area contributed by atoms with Crippen LogP contribution in [-0.4, -0.2) is 27.1 Å². The zero-order valence-electron chi connectivity index (χ0n) is 10.9. The predicted octanol–water partition coefficient (Wildman–Crippen LogP) is 2.12. The van der Waals surface area contributed by atoms with E-state index in [-0.39, 0.29) is 11.9 Å². The maximum absolute atomic E-state index is 11.8. The quantitative estimate of drug-likeness (QED) is 0.776. The van der Waals surface area contributed by atoms with Crippen molar-refractivity contribution in [2.45, 2.75) is 33.2 Å². The van der Waals surface area contributed by atoms with Crippen molar-refractivity contribution in [3.63, 3.8) is 0 Å². The Hall–Kier alpha value is -1.91. The van der Waals surface area contributed by atoms with E-state index in [4.69, 9.17) is 4.74 Å². The molecule has 18 heavy (non-hydrogen) atoms. The van der Waals surface area contributed by atoms with E-state index in [2.05, 4.69) is 9.97 Å². The molecule has 0 aliphatic carbocycles. The third-order valence-electron chi connectivity index (χ3n) is 2.92. The maximum atomic E-state index is 11.8. The standard InChI is InChI=1S/C13H17N3O2/c1-4-16-11-6-7-14-8-10(11)15-12(16)9(3)13(17)18-5-2/h6-9H,4-5H2,1-3H3. The summed E-state index contributed by atoms with van der Waals surface area (Å²) in [5.41, 5.74) is 1.81. The minimum Gasteiger partial charge on any atom is -0.465 e. The number of fused-ring (bicyclic) bond motifs is 1. The first-order valence-corrected chi connectivity index (χ1v) is 6.15. The second-order valence-corrected chi connectivity index (χ2v) is 4.05. The lowest BCUT2D eigenvalue weighted by Crippen LogP contribution is -2.17. The van der Waals surface area contributed by atoms with Gasteiger partial charge in [0, 0.05) is 12.7 Å². The Morgan fingerprint density at radius 2 is 2.28 bits per heavy atom. The third kappa shape index (κ3) is 2.08. The van der Waals surface area contributed by atoms with Gasteiger partial charge >= 0.3 is 5.97 Å². The normalized spacial score (nSPS) is 12.6. The SMILES string of the molecule is CCOC(=O)C(C)c1nc2cnccc2n1CC. The van der Waals surface area contributed by atoms with E-state index >= 15 is 0 Å². The number of rotatable bonds is 4. The molecule has 5 nitrogen and oxygen atoms in total. The molecule has 0 amide bonds. The molecular formula is C13H17N3O2. The number of esters is 1. The molecule has 0 spiro atoms. The molecule has 0 aliphatic rings. The summed E-state index contributed by atoms with van der Waals surface area (Å²) in [5.74, 6) is 0.131. The summed E-state index contributed by atoms with van der Waals surface area (Å²) in [6.07, 6.45) is 3.44. The Balaban J connectivity index is 2.46. The predicted molar refractivity (Wildman–Crippen MR) is 68.3 cm³/mol. The molecule has 0 saturated carbocycles. The van der Waals surface area contributed by atoms with Crippen LogP contribution in [0.5, 0.6) is 0 Å². The molecule has 2 aromatic rings. The van der Waals surface area contributed by atoms with Crippen molar-refractivity contribution in [1.82, 2.24) is 14.5 Å². The topological polar surface area (TPSA) is 57.0 Å². The Kier molecular flexibility index (Phi) is 3.60. The molecule has 0 aromatic carbocycles. The van der Waals surface area contributed by atoms with Gasteiger partial charge in [-0.05, 0) is 26.8 Å². The van der Waals surface area contributed by atoms with Crippen LogP contribution < -0.4 is 0 Å². The van der Waals surface area contributed by atoms with Gasteiger partial charge in [0.25, 0.3) is 0 Å². The summed E-state index contributed by atoms with van der Waals surface area (Å²) in [4.78, 5) is 20.3. The monoisotopic (exact) mass is 247 g/mol. The summed E-state index contributed by atoms with van der Waals surface area (Å²) in [6, 6.07) is 1.91. The van der Waals surface area contributed by atoms with Crippen molar-refractivity contribution in [2.75, 3.05) is 6.61 Å². The zero-order valence-corrected chi connectivity index (χ0v) is 10.9. The van der Waals surface area contributed by atoms with Gasteiger partial charge < -0.3 is 9.30 Å². The van der Waals surface area contributed by atoms with E-state index in [1.165, 1.54) is 0 Å². The number of nitrogens with zero attached hydrogens (tertiary/aromatic N) is 3. The highest BCUT2D eigenvalue weighted by molar-refractivity contribution is 5.80. The van der Waals surface area contributed by atoms with E-state index < -0.39 is 0 Å². The lowest BCUT2D eigenvalue weighted by Gasteiger charge is -2.12. The van der Waals surface area contributed by atoms with E-state index in [9.17, 15) is 4.79 Å². The second-order valence-electron chi connectivity index (χ2n) is 4.05. The van der Waals surface area contributed by atoms with Crippen LogP contribution in [0.25, 0.3) is 11.0 Å². The van der Waals surface area contributed by atoms with Crippen LogP contribution in [0.1, 0.15) is 32.5 Å². The fourth-order valence-electron chi connectivity index (χ4n) is 2.04. The van der Waals surface area contributed by atoms with Gasteiger partial charge in [-0.3, -0.25) is 9.78 Å². The van der Waals surface area contributed by atoms with Crippen molar-refractivity contribution in [1.29, 1.82) is 0 Å². The van der Waals surface area contributed by atoms with E-state index in [1.807, 2.05) is 24.5 Å². The number of aromatic nitrogens is 3. The minimum absolute atomic E-state index is 0.240. The number of carbonyl (C=O) groups excluding carboxylic acids is 1. The number of aryl methyl sites for hydroxylation is 1. The highest BCUT2D eigenvalue weighted by Crippen LogP contribution is 2.22. The molecule has 96 valence electrons. The van der Waals surface area contributed by atoms with Crippen LogP contribution in [0.2, 0.25) is 0 Å². The number of hydrogen-bond acceptors (Lipinski definition) is 4. The molecule has 0 bridgehead atoms. The largest absolute Gasteiger partial charge is 0.465 e. The van der Waals surface area contributed by atoms with Gasteiger partial charge in [0.15, 0.2) is 0 Å². The minimum atomic E-state index is -0.364. The van der Waals surface area contributed by atoms with Gasteiger partial charge in [-0.15, -0.1) is 0 Å². The van der Waals surface area contributed by atoms with Crippen LogP contribution in [0.3, 0.4) is 0 Å². The fraction of sp³-hybridized carbons (Fsp3) is 0.462. The molecule has 0 radical (unpaired) electrons. The Morgan fingerprint density at radius 1 is 1.50 bits per heavy atom. The van der Waals surface area contributed by atoms with Gasteiger partial charge in [0.2, 0.25) is 0 Å². The molecule has 1 atom stereocenters. The molecule has 2 rings (SSSR count). The van der Waals surface area contributed by atoms with E-state index in [1.54, 1.807) is 19.3 Å². The molecule has 0 aliphatic heterocycles. The van der Waals surface area contributed by atoms with Gasteiger partial charge in [-0.25, -0.2) is 4.98 Å². The zero-order chi connectivity index (χ0) is 13.1. The number of hydrogen-bond donors (Lipinski definition) is 0. The molecule has 5 heteroatoms. The maximum Gasteiger partial charge on any atom is 0.316 e. The van der Waals surface area contributed by atoms with Crippen molar-refractivity contribution in [3.05, 3.63) is 24.3 Å². The van der Waals surface area contributed by atoms with E-state index in [0.29, 0.717) is 6.61 Å². The highest BCUT2D eigenvalue weighted by Gasteiger charge is 2.23. The Morgan fingerprint density at radius 3 is 2.94 bits per heavy atom. The summed E-state index contributed by atoms with van der Waals surface area (Å²) >= 11 is 0. The van der Waals surface area contributed by atoms with Crippen molar-refractivity contribution >= 4 is 17.0 Å². The molecular weight excluding hydrogens is 230 g/mol. The molecule has 0 N–H and O–H groups in total. The summed E-state index contributed by atoms with van der Waals surface area (Å²) < 4.78 is 7.07. The fourth-order valence-corrected chi connectivity index (χ4v) is 2.04. The van der Waals surface area contributed by atoms with Gasteiger partial charge in [0.1, 0.15) is 17.3 Å². The summed E-state index contributed by atoms with van der Waals surface area (Å²) in [7, 11) is 0. The lowest BCUT2D eigenvalue weighted by atomic mass is 10.1. The molecule has 1 unspecified atom stereocenters. The molecule has 0 fully saturated rings. The smallest absolute Gasteiger partial charge is 0.316 e. The van der Waals surface area contributed by atoms with Crippen LogP contribution in [-0.2, 0) is 16.1 Å². The first-order chi connectivity index (χ1) is 8.69. The Bertz CT molecular complexity index is 562. The average molecular weight is 247 g/mol. The first-order valence-electron chi connectivity index (χ1n) is 6.15. The van der Waals surface area contributed by atoms with Crippen LogP contribution in [0, 0.1) is 0 Å². The number of ether oxygens (including phenoxy) is 1. The van der Waals surface area contributed by atoms with Gasteiger partial charge in [-0.1, -0.05) is 0 Å². The number of carbonyl (C=O) groups is 1. The average Bonchev–Trinajstić information content (AvgIpc) is 2.76. The molecule has 2 heterocycles. The van der Waals surface area contributed by atoms with E-state index in [0.717, 1.165) is 23.4 Å². The summed E-state index contributed by atoms with van der Waals surface area (Å²) in [6.45, 7) is 6.80. The van der Waals surface area contributed by atoms with Crippen LogP contribution >= 0.6 is 0 Å². The molecule has 2 aromatic heterocycles. The highest BCUT2D eigenvalue weighted by atomic mass is 16.5. The van der Waals surface area contributed by atoms with Crippen molar-refractivity contribution in [2.24, 2.45) is 0 Å². The van der Waals surface area contributed by atoms with Gasteiger partial charge in [0.05, 0.1) is 18.3 Å². The number of pyridine rings is 1. The lowest BCUT2D eigenvalue weighted by molar-refractivity contribution is -0.144. The summed E-state index contributed by atoms with van der Waals surface area (Å²) in [5, 5.41) is 0. The number of imidazole rings is 1. The Labute approximate surface area is 106 Å².